The van der Waals surface area contributed by atoms with Gasteiger partial charge in [0.25, 0.3) is 0 Å². The first kappa shape index (κ1) is 34.1. The highest BCUT2D eigenvalue weighted by Gasteiger charge is 1.78. The summed E-state index contributed by atoms with van der Waals surface area (Å²) in [7, 11) is 0. The zero-order valence-electron chi connectivity index (χ0n) is 16.1. The number of ketones is 1. The van der Waals surface area contributed by atoms with Gasteiger partial charge in [-0.25, -0.2) is 0 Å². The van der Waals surface area contributed by atoms with Crippen molar-refractivity contribution in [3.63, 3.8) is 0 Å². The molecule has 0 aromatic rings. The molecule has 24 heavy (non-hydrogen) atoms. The van der Waals surface area contributed by atoms with Crippen LogP contribution < -0.4 is 5.73 Å². The number of allylic oxidation sites excluding steroid dienone is 6. The molecule has 0 fully saturated rings. The van der Waals surface area contributed by atoms with Crippen molar-refractivity contribution in [2.75, 3.05) is 6.61 Å². The molecular weight excluding hydrogens is 345 g/mol. The molecule has 0 saturated carbocycles. The molecule has 0 atom stereocenters. The Kier molecular flexibility index (Phi) is 42.2. The van der Waals surface area contributed by atoms with Gasteiger partial charge in [-0.05, 0) is 52.8 Å². The van der Waals surface area contributed by atoms with Crippen LogP contribution in [0, 0.1) is 0 Å². The first-order chi connectivity index (χ1) is 10.7. The van der Waals surface area contributed by atoms with Crippen LogP contribution >= 0.6 is 23.2 Å². The highest BCUT2D eigenvalue weighted by atomic mass is 35.5. The highest BCUT2D eigenvalue weighted by Crippen LogP contribution is 1.88. The van der Waals surface area contributed by atoms with E-state index >= 15 is 0 Å². The molecule has 0 unspecified atom stereocenters. The Hall–Kier alpha value is -1.29. The number of carbonyl (C=O) groups excluding carboxylic acids is 1. The number of rotatable bonds is 3. The largest absolute Gasteiger partial charge is 0.403 e. The van der Waals surface area contributed by atoms with Crippen molar-refractivity contribution in [3.05, 3.63) is 59.8 Å². The van der Waals surface area contributed by atoms with Crippen LogP contribution in [0.25, 0.3) is 0 Å². The number of nitrogens with two attached hydrogens (primary N) is 1. The van der Waals surface area contributed by atoms with Gasteiger partial charge in [-0.3, -0.25) is 4.79 Å². The molecule has 5 heteroatoms. The van der Waals surface area contributed by atoms with E-state index in [9.17, 15) is 4.79 Å². The van der Waals surface area contributed by atoms with E-state index in [4.69, 9.17) is 34.0 Å². The van der Waals surface area contributed by atoms with Gasteiger partial charge in [0.1, 0.15) is 0 Å². The van der Waals surface area contributed by atoms with E-state index in [1.54, 1.807) is 26.8 Å². The summed E-state index contributed by atoms with van der Waals surface area (Å²) in [5.74, 6) is 0.0630. The van der Waals surface area contributed by atoms with E-state index in [0.717, 1.165) is 12.0 Å². The molecule has 0 radical (unpaired) electrons. The molecule has 0 heterocycles. The highest BCUT2D eigenvalue weighted by molar-refractivity contribution is 6.29. The molecule has 3 nitrogen and oxygen atoms in total. The van der Waals surface area contributed by atoms with Crippen molar-refractivity contribution in [2.24, 2.45) is 5.73 Å². The first-order valence-electron chi connectivity index (χ1n) is 7.22. The molecule has 0 saturated heterocycles. The number of hydrogen-bond acceptors (Lipinski definition) is 3. The van der Waals surface area contributed by atoms with Gasteiger partial charge >= 0.3 is 0 Å². The SMILES string of the molecule is C=C(C)/C=C\C(C)=O.C=C(C)Cl.C=C(C)Cl.C=C(C)N.CCCO. The number of halogens is 2. The lowest BCUT2D eigenvalue weighted by atomic mass is 10.3. The van der Waals surface area contributed by atoms with Crippen molar-refractivity contribution in [3.8, 4) is 0 Å². The molecule has 0 bridgehead atoms. The van der Waals surface area contributed by atoms with E-state index < -0.39 is 0 Å². The van der Waals surface area contributed by atoms with Crippen LogP contribution in [0.5, 0.6) is 0 Å². The lowest BCUT2D eigenvalue weighted by molar-refractivity contribution is -0.112. The molecule has 3 N–H and O–H groups in total. The fraction of sp³-hybridized carbons (Fsp3) is 0.421. The number of aliphatic hydroxyl groups is 1. The molecule has 142 valence electrons. The molecule has 0 rings (SSSR count). The Bertz CT molecular complexity index is 328. The van der Waals surface area contributed by atoms with Gasteiger partial charge in [0.05, 0.1) is 0 Å². The van der Waals surface area contributed by atoms with Gasteiger partial charge in [-0.15, -0.1) is 0 Å². The maximum atomic E-state index is 10.2. The van der Waals surface area contributed by atoms with Gasteiger partial charge in [-0.2, -0.15) is 0 Å². The van der Waals surface area contributed by atoms with Gasteiger partial charge in [0.2, 0.25) is 0 Å². The molecule has 0 aromatic carbocycles. The van der Waals surface area contributed by atoms with Crippen molar-refractivity contribution in [2.45, 2.75) is 48.0 Å². The van der Waals surface area contributed by atoms with Crippen LogP contribution in [-0.2, 0) is 4.79 Å². The molecule has 0 aliphatic carbocycles. The van der Waals surface area contributed by atoms with Crippen LogP contribution in [0.4, 0.5) is 0 Å². The monoisotopic (exact) mass is 379 g/mol. The van der Waals surface area contributed by atoms with Crippen LogP contribution in [0.15, 0.2) is 59.8 Å². The van der Waals surface area contributed by atoms with Crippen LogP contribution in [-0.4, -0.2) is 17.5 Å². The summed E-state index contributed by atoms with van der Waals surface area (Å²) in [6.45, 7) is 24.4. The first-order valence-corrected chi connectivity index (χ1v) is 7.97. The topological polar surface area (TPSA) is 63.3 Å². The minimum Gasteiger partial charge on any atom is -0.403 e. The van der Waals surface area contributed by atoms with Crippen molar-refractivity contribution >= 4 is 29.0 Å². The summed E-state index contributed by atoms with van der Waals surface area (Å²) in [4.78, 5) is 10.2. The predicted molar refractivity (Wildman–Crippen MR) is 112 cm³/mol. The van der Waals surface area contributed by atoms with E-state index in [0.29, 0.717) is 22.4 Å². The van der Waals surface area contributed by atoms with Crippen LogP contribution in [0.2, 0.25) is 0 Å². The van der Waals surface area contributed by atoms with Gasteiger partial charge < -0.3 is 10.8 Å². The second-order valence-electron chi connectivity index (χ2n) is 4.71. The summed E-state index contributed by atoms with van der Waals surface area (Å²) in [5.41, 5.74) is 6.49. The molecule has 0 aliphatic rings. The second kappa shape index (κ2) is 29.7. The van der Waals surface area contributed by atoms with Crippen molar-refractivity contribution in [1.29, 1.82) is 0 Å². The summed E-state index contributed by atoms with van der Waals surface area (Å²) in [5, 5.41) is 9.15. The Labute approximate surface area is 159 Å². The molecule has 0 aliphatic heterocycles. The Morgan fingerprint density at radius 2 is 1.17 bits per heavy atom. The average Bonchev–Trinajstić information content (AvgIpc) is 2.34. The second-order valence-corrected chi connectivity index (χ2v) is 6.00. The van der Waals surface area contributed by atoms with E-state index in [-0.39, 0.29) is 5.78 Å². The smallest absolute Gasteiger partial charge is 0.152 e. The van der Waals surface area contributed by atoms with Gasteiger partial charge in [-0.1, -0.05) is 68.1 Å². The normalized spacial score (nSPS) is 7.71. The quantitative estimate of drug-likeness (QED) is 0.460. The van der Waals surface area contributed by atoms with Crippen molar-refractivity contribution in [1.82, 2.24) is 0 Å². The lowest BCUT2D eigenvalue weighted by Crippen LogP contribution is -1.83. The molecular formula is C19H35Cl2NO2. The van der Waals surface area contributed by atoms with Crippen LogP contribution in [0.3, 0.4) is 0 Å². The Balaban J connectivity index is -0.0000000657. The minimum absolute atomic E-state index is 0.0630. The number of hydrogen-bond donors (Lipinski definition) is 2. The summed E-state index contributed by atoms with van der Waals surface area (Å²) < 4.78 is 0. The molecule has 0 spiro atoms. The number of carbonyl (C=O) groups is 1. The standard InChI is InChI=1S/C7H10O.2C3H5Cl.C3H7N.C3H8O/c1-6(2)4-5-7(3)8;3*1-3(2)4;1-2-3-4/h4-5H,1H2,2-3H3;2*1H2,2H3;1,4H2,2H3;4H,2-3H2,1H3/b5-4-;;;;. The summed E-state index contributed by atoms with van der Waals surface area (Å²) in [6.07, 6.45) is 4.07. The van der Waals surface area contributed by atoms with Gasteiger partial charge in [0, 0.05) is 16.7 Å². The summed E-state index contributed by atoms with van der Waals surface area (Å²) >= 11 is 10.2. The Morgan fingerprint density at radius 3 is 1.21 bits per heavy atom. The van der Waals surface area contributed by atoms with Crippen LogP contribution in [0.1, 0.15) is 48.0 Å². The third-order valence-electron chi connectivity index (χ3n) is 0.826. The lowest BCUT2D eigenvalue weighted by Gasteiger charge is -1.80. The van der Waals surface area contributed by atoms with Crippen molar-refractivity contribution < 1.29 is 9.90 Å². The third kappa shape index (κ3) is 363. The Morgan fingerprint density at radius 1 is 0.958 bits per heavy atom. The predicted octanol–water partition coefficient (Wildman–Crippen LogP) is 6.09. The zero-order valence-corrected chi connectivity index (χ0v) is 17.6. The van der Waals surface area contributed by atoms with E-state index in [2.05, 4.69) is 26.3 Å². The minimum atomic E-state index is 0.0630. The molecule has 0 amide bonds. The fourth-order valence-corrected chi connectivity index (χ4v) is 0.260. The van der Waals surface area contributed by atoms with E-state index in [1.165, 1.54) is 13.0 Å². The van der Waals surface area contributed by atoms with E-state index in [1.807, 2.05) is 13.8 Å². The maximum Gasteiger partial charge on any atom is 0.152 e. The summed E-state index contributed by atoms with van der Waals surface area (Å²) in [6, 6.07) is 0. The number of aliphatic hydroxyl groups excluding tert-OH is 1. The fourth-order valence-electron chi connectivity index (χ4n) is 0.260. The maximum absolute atomic E-state index is 10.2. The van der Waals surface area contributed by atoms with Gasteiger partial charge in [0.15, 0.2) is 5.78 Å². The molecule has 0 aromatic heterocycles. The zero-order chi connectivity index (χ0) is 20.7. The average molecular weight is 380 g/mol. The third-order valence-corrected chi connectivity index (χ3v) is 0.826.